The molecule has 0 aromatic heterocycles. The molecular formula is C23H29NO5. The first-order valence-corrected chi connectivity index (χ1v) is 9.71. The predicted molar refractivity (Wildman–Crippen MR) is 113 cm³/mol. The molecule has 0 aliphatic rings. The van der Waals surface area contributed by atoms with Gasteiger partial charge in [0.05, 0.1) is 26.4 Å². The van der Waals surface area contributed by atoms with E-state index in [1.807, 2.05) is 38.1 Å². The van der Waals surface area contributed by atoms with E-state index in [0.29, 0.717) is 43.1 Å². The van der Waals surface area contributed by atoms with Crippen LogP contribution in [0.4, 0.5) is 5.69 Å². The monoisotopic (exact) mass is 399 g/mol. The Morgan fingerprint density at radius 1 is 1.07 bits per heavy atom. The van der Waals surface area contributed by atoms with E-state index in [9.17, 15) is 9.59 Å². The number of ether oxygens (including phenoxy) is 3. The zero-order valence-corrected chi connectivity index (χ0v) is 17.5. The van der Waals surface area contributed by atoms with Crippen LogP contribution >= 0.6 is 0 Å². The molecule has 0 aliphatic heterocycles. The fraction of sp³-hybridized carbons (Fsp3) is 0.391. The van der Waals surface area contributed by atoms with Gasteiger partial charge in [0.15, 0.2) is 17.3 Å². The lowest BCUT2D eigenvalue weighted by atomic mass is 10.1. The maximum atomic E-state index is 12.2. The van der Waals surface area contributed by atoms with Crippen LogP contribution < -0.4 is 14.8 Å². The first kappa shape index (κ1) is 22.4. The van der Waals surface area contributed by atoms with Crippen molar-refractivity contribution in [3.63, 3.8) is 0 Å². The third kappa shape index (κ3) is 7.58. The van der Waals surface area contributed by atoms with Crippen molar-refractivity contribution in [2.24, 2.45) is 0 Å². The highest BCUT2D eigenvalue weighted by molar-refractivity contribution is 5.94. The van der Waals surface area contributed by atoms with Crippen molar-refractivity contribution in [1.29, 1.82) is 0 Å². The fourth-order valence-electron chi connectivity index (χ4n) is 2.65. The van der Waals surface area contributed by atoms with Gasteiger partial charge in [0.1, 0.15) is 0 Å². The molecule has 0 aliphatic carbocycles. The van der Waals surface area contributed by atoms with Crippen molar-refractivity contribution < 1.29 is 23.8 Å². The van der Waals surface area contributed by atoms with Gasteiger partial charge in [-0.05, 0) is 63.1 Å². The zero-order valence-electron chi connectivity index (χ0n) is 17.5. The average Bonchev–Trinajstić information content (AvgIpc) is 2.69. The van der Waals surface area contributed by atoms with E-state index in [4.69, 9.17) is 14.2 Å². The topological polar surface area (TPSA) is 73.9 Å². The first-order chi connectivity index (χ1) is 13.9. The van der Waals surface area contributed by atoms with Crippen LogP contribution in [0.5, 0.6) is 11.5 Å². The summed E-state index contributed by atoms with van der Waals surface area (Å²) in [6.07, 6.45) is 1.05. The van der Waals surface area contributed by atoms with Crippen LogP contribution in [0.2, 0.25) is 0 Å². The summed E-state index contributed by atoms with van der Waals surface area (Å²) in [5.41, 5.74) is 2.33. The Morgan fingerprint density at radius 2 is 1.86 bits per heavy atom. The number of hydrogen-bond donors (Lipinski definition) is 1. The minimum Gasteiger partial charge on any atom is -0.493 e. The van der Waals surface area contributed by atoms with E-state index in [1.165, 1.54) is 14.0 Å². The normalized spacial score (nSPS) is 10.7. The van der Waals surface area contributed by atoms with Crippen molar-refractivity contribution >= 4 is 17.4 Å². The second kappa shape index (κ2) is 11.2. The number of hydrogen-bond acceptors (Lipinski definition) is 5. The largest absolute Gasteiger partial charge is 0.493 e. The van der Waals surface area contributed by atoms with Gasteiger partial charge < -0.3 is 19.5 Å². The van der Waals surface area contributed by atoms with Crippen molar-refractivity contribution in [3.8, 4) is 11.5 Å². The Hall–Kier alpha value is -2.86. The van der Waals surface area contributed by atoms with Gasteiger partial charge in [-0.15, -0.1) is 0 Å². The van der Waals surface area contributed by atoms with Gasteiger partial charge in [-0.2, -0.15) is 0 Å². The summed E-state index contributed by atoms with van der Waals surface area (Å²) < 4.78 is 16.6. The van der Waals surface area contributed by atoms with Crippen LogP contribution in [0.25, 0.3) is 0 Å². The second-order valence-electron chi connectivity index (χ2n) is 6.98. The van der Waals surface area contributed by atoms with Crippen LogP contribution in [0.3, 0.4) is 0 Å². The lowest BCUT2D eigenvalue weighted by molar-refractivity contribution is -0.116. The standard InChI is InChI=1S/C23H29NO5/c1-16(2)29-15-18-7-5-8-20(13-18)24-23(26)9-6-12-28-21-11-10-19(17(3)25)14-22(21)27-4/h5,7-8,10-11,13-14,16H,6,9,12,15H2,1-4H3,(H,24,26). The molecule has 29 heavy (non-hydrogen) atoms. The van der Waals surface area contributed by atoms with E-state index in [0.717, 1.165) is 11.3 Å². The Balaban J connectivity index is 1.79. The number of nitrogens with one attached hydrogen (secondary N) is 1. The van der Waals surface area contributed by atoms with Gasteiger partial charge in [0.25, 0.3) is 0 Å². The predicted octanol–water partition coefficient (Wildman–Crippen LogP) is 4.62. The third-order valence-corrected chi connectivity index (χ3v) is 4.17. The summed E-state index contributed by atoms with van der Waals surface area (Å²) in [5, 5.41) is 2.90. The maximum absolute atomic E-state index is 12.2. The van der Waals surface area contributed by atoms with Crippen molar-refractivity contribution in [2.45, 2.75) is 46.3 Å². The summed E-state index contributed by atoms with van der Waals surface area (Å²) >= 11 is 0. The number of carbonyl (C=O) groups excluding carboxylic acids is 2. The summed E-state index contributed by atoms with van der Waals surface area (Å²) in [7, 11) is 1.53. The quantitative estimate of drug-likeness (QED) is 0.441. The number of ketones is 1. The van der Waals surface area contributed by atoms with Gasteiger partial charge in [-0.3, -0.25) is 9.59 Å². The van der Waals surface area contributed by atoms with Gasteiger partial charge >= 0.3 is 0 Å². The lowest BCUT2D eigenvalue weighted by Gasteiger charge is -2.12. The molecule has 0 bridgehead atoms. The minimum atomic E-state index is -0.0746. The number of amides is 1. The highest BCUT2D eigenvalue weighted by atomic mass is 16.5. The Labute approximate surface area is 172 Å². The molecule has 6 heteroatoms. The molecule has 0 saturated carbocycles. The molecule has 0 saturated heterocycles. The Kier molecular flexibility index (Phi) is 8.68. The van der Waals surface area contributed by atoms with Crippen LogP contribution in [-0.4, -0.2) is 31.5 Å². The van der Waals surface area contributed by atoms with Gasteiger partial charge in [0, 0.05) is 17.7 Å². The Morgan fingerprint density at radius 3 is 2.55 bits per heavy atom. The number of benzene rings is 2. The number of methoxy groups -OCH3 is 1. The zero-order chi connectivity index (χ0) is 21.2. The number of anilines is 1. The molecule has 6 nitrogen and oxygen atoms in total. The summed E-state index contributed by atoms with van der Waals surface area (Å²) in [6.45, 7) is 6.35. The van der Waals surface area contributed by atoms with E-state index in [2.05, 4.69) is 5.32 Å². The van der Waals surface area contributed by atoms with Crippen molar-refractivity contribution in [2.75, 3.05) is 19.0 Å². The number of carbonyl (C=O) groups is 2. The molecule has 1 N–H and O–H groups in total. The van der Waals surface area contributed by atoms with E-state index in [-0.39, 0.29) is 17.8 Å². The van der Waals surface area contributed by atoms with E-state index < -0.39 is 0 Å². The highest BCUT2D eigenvalue weighted by Crippen LogP contribution is 2.28. The molecular weight excluding hydrogens is 370 g/mol. The molecule has 0 spiro atoms. The maximum Gasteiger partial charge on any atom is 0.224 e. The molecule has 0 atom stereocenters. The molecule has 156 valence electrons. The minimum absolute atomic E-state index is 0.0358. The van der Waals surface area contributed by atoms with Gasteiger partial charge in [-0.25, -0.2) is 0 Å². The average molecular weight is 399 g/mol. The molecule has 0 heterocycles. The second-order valence-corrected chi connectivity index (χ2v) is 6.98. The fourth-order valence-corrected chi connectivity index (χ4v) is 2.65. The number of Topliss-reactive ketones (excluding diaryl/α,β-unsaturated/α-hetero) is 1. The van der Waals surface area contributed by atoms with E-state index >= 15 is 0 Å². The third-order valence-electron chi connectivity index (χ3n) is 4.17. The van der Waals surface area contributed by atoms with Crippen LogP contribution in [0.15, 0.2) is 42.5 Å². The molecule has 1 amide bonds. The summed E-state index contributed by atoms with van der Waals surface area (Å²) in [4.78, 5) is 23.6. The van der Waals surface area contributed by atoms with Gasteiger partial charge in [-0.1, -0.05) is 12.1 Å². The van der Waals surface area contributed by atoms with Crippen LogP contribution in [0, 0.1) is 0 Å². The lowest BCUT2D eigenvalue weighted by Crippen LogP contribution is -2.13. The van der Waals surface area contributed by atoms with Crippen LogP contribution in [0.1, 0.15) is 49.5 Å². The van der Waals surface area contributed by atoms with E-state index in [1.54, 1.807) is 18.2 Å². The Bertz CT molecular complexity index is 832. The smallest absolute Gasteiger partial charge is 0.224 e. The molecule has 2 aromatic rings. The molecule has 0 fully saturated rings. The molecule has 2 rings (SSSR count). The molecule has 0 unspecified atom stereocenters. The summed E-state index contributed by atoms with van der Waals surface area (Å²) in [5.74, 6) is 0.944. The first-order valence-electron chi connectivity index (χ1n) is 9.71. The van der Waals surface area contributed by atoms with Crippen molar-refractivity contribution in [3.05, 3.63) is 53.6 Å². The molecule has 0 radical (unpaired) electrons. The van der Waals surface area contributed by atoms with Gasteiger partial charge in [0.2, 0.25) is 5.91 Å². The van der Waals surface area contributed by atoms with Crippen molar-refractivity contribution in [1.82, 2.24) is 0 Å². The molecule has 2 aromatic carbocycles. The number of rotatable bonds is 11. The van der Waals surface area contributed by atoms with Crippen LogP contribution in [-0.2, 0) is 16.1 Å². The SMILES string of the molecule is COc1cc(C(C)=O)ccc1OCCCC(=O)Nc1cccc(COC(C)C)c1. The highest BCUT2D eigenvalue weighted by Gasteiger charge is 2.09. The summed E-state index contributed by atoms with van der Waals surface area (Å²) in [6, 6.07) is 12.7.